The molecule has 0 spiro atoms. The number of carbonyl (C=O) groups is 1. The molecule has 1 N–H and O–H groups in total. The summed E-state index contributed by atoms with van der Waals surface area (Å²) in [5, 5.41) is 4.70. The van der Waals surface area contributed by atoms with Gasteiger partial charge in [-0.2, -0.15) is 0 Å². The maximum atomic E-state index is 12.1. The lowest BCUT2D eigenvalue weighted by atomic mass is 10.2. The zero-order chi connectivity index (χ0) is 17.1. The average molecular weight is 360 g/mol. The second-order valence-electron chi connectivity index (χ2n) is 5.07. The number of methoxy groups -OCH3 is 1. The van der Waals surface area contributed by atoms with Crippen LogP contribution in [0.4, 0.5) is 5.69 Å². The van der Waals surface area contributed by atoms with Gasteiger partial charge < -0.3 is 10.1 Å². The molecule has 0 saturated heterocycles. The number of anilines is 1. The third kappa shape index (κ3) is 3.49. The first kappa shape index (κ1) is 16.7. The van der Waals surface area contributed by atoms with Gasteiger partial charge in [-0.1, -0.05) is 11.8 Å². The van der Waals surface area contributed by atoms with Crippen molar-refractivity contribution in [3.05, 3.63) is 35.1 Å². The first-order chi connectivity index (χ1) is 11.6. The molecule has 0 aliphatic heterocycles. The molecule has 8 heteroatoms. The predicted octanol–water partition coefficient (Wildman–Crippen LogP) is 3.44. The Morgan fingerprint density at radius 1 is 1.29 bits per heavy atom. The largest absolute Gasteiger partial charge is 0.481 e. The standard InChI is InChI=1S/C16H16N4O2S2/c1-9-10(2)24-16-14(9)15(18-8-19-16)23-7-12(21)20-11-4-5-13(22-3)17-6-11/h4-6,8H,7H2,1-3H3,(H,20,21). The highest BCUT2D eigenvalue weighted by molar-refractivity contribution is 8.00. The van der Waals surface area contributed by atoms with Crippen molar-refractivity contribution in [3.8, 4) is 5.88 Å². The monoisotopic (exact) mass is 360 g/mol. The molecule has 1 amide bonds. The molecule has 0 fully saturated rings. The van der Waals surface area contributed by atoms with Crippen LogP contribution >= 0.6 is 23.1 Å². The maximum Gasteiger partial charge on any atom is 0.234 e. The van der Waals surface area contributed by atoms with Crippen molar-refractivity contribution in [2.45, 2.75) is 18.9 Å². The lowest BCUT2D eigenvalue weighted by Crippen LogP contribution is -2.14. The van der Waals surface area contributed by atoms with Crippen molar-refractivity contribution in [2.75, 3.05) is 18.2 Å². The van der Waals surface area contributed by atoms with Crippen LogP contribution in [0.1, 0.15) is 10.4 Å². The summed E-state index contributed by atoms with van der Waals surface area (Å²) in [5.41, 5.74) is 1.81. The summed E-state index contributed by atoms with van der Waals surface area (Å²) < 4.78 is 4.99. The van der Waals surface area contributed by atoms with Crippen molar-refractivity contribution < 1.29 is 9.53 Å². The van der Waals surface area contributed by atoms with E-state index in [1.54, 1.807) is 43.1 Å². The van der Waals surface area contributed by atoms with Gasteiger partial charge in [0.1, 0.15) is 16.2 Å². The lowest BCUT2D eigenvalue weighted by molar-refractivity contribution is -0.113. The van der Waals surface area contributed by atoms with Crippen LogP contribution in [0.15, 0.2) is 29.7 Å². The Bertz CT molecular complexity index is 878. The van der Waals surface area contributed by atoms with Gasteiger partial charge in [-0.15, -0.1) is 11.3 Å². The second kappa shape index (κ2) is 7.14. The summed E-state index contributed by atoms with van der Waals surface area (Å²) in [6.45, 7) is 4.13. The van der Waals surface area contributed by atoms with Gasteiger partial charge in [0.25, 0.3) is 0 Å². The van der Waals surface area contributed by atoms with E-state index in [0.717, 1.165) is 15.2 Å². The molecule has 124 valence electrons. The number of aryl methyl sites for hydroxylation is 2. The molecule has 3 heterocycles. The van der Waals surface area contributed by atoms with E-state index in [9.17, 15) is 4.79 Å². The van der Waals surface area contributed by atoms with Gasteiger partial charge >= 0.3 is 0 Å². The van der Waals surface area contributed by atoms with Gasteiger partial charge in [0.2, 0.25) is 11.8 Å². The third-order valence-electron chi connectivity index (χ3n) is 3.50. The molecule has 24 heavy (non-hydrogen) atoms. The van der Waals surface area contributed by atoms with Crippen LogP contribution in [-0.2, 0) is 4.79 Å². The van der Waals surface area contributed by atoms with Gasteiger partial charge in [-0.3, -0.25) is 4.79 Å². The minimum atomic E-state index is -0.108. The number of carbonyl (C=O) groups excluding carboxylic acids is 1. The van der Waals surface area contributed by atoms with E-state index >= 15 is 0 Å². The highest BCUT2D eigenvalue weighted by Crippen LogP contribution is 2.34. The smallest absolute Gasteiger partial charge is 0.234 e. The molecule has 0 bridgehead atoms. The van der Waals surface area contributed by atoms with Crippen molar-refractivity contribution >= 4 is 44.9 Å². The number of aromatic nitrogens is 3. The first-order valence-corrected chi connectivity index (χ1v) is 9.02. The van der Waals surface area contributed by atoms with E-state index < -0.39 is 0 Å². The third-order valence-corrected chi connectivity index (χ3v) is 5.60. The number of hydrogen-bond donors (Lipinski definition) is 1. The molecule has 6 nitrogen and oxygen atoms in total. The quantitative estimate of drug-likeness (QED) is 0.555. The minimum absolute atomic E-state index is 0.108. The summed E-state index contributed by atoms with van der Waals surface area (Å²) in [4.78, 5) is 27.0. The molecule has 3 aromatic rings. The van der Waals surface area contributed by atoms with Crippen LogP contribution in [0.3, 0.4) is 0 Å². The lowest BCUT2D eigenvalue weighted by Gasteiger charge is -2.06. The van der Waals surface area contributed by atoms with E-state index in [2.05, 4.69) is 34.1 Å². The molecule has 0 unspecified atom stereocenters. The molecule has 0 radical (unpaired) electrons. The van der Waals surface area contributed by atoms with Crippen molar-refractivity contribution in [2.24, 2.45) is 0 Å². The van der Waals surface area contributed by atoms with Crippen LogP contribution in [0.25, 0.3) is 10.2 Å². The molecular formula is C16H16N4O2S2. The van der Waals surface area contributed by atoms with Crippen LogP contribution in [0.2, 0.25) is 0 Å². The van der Waals surface area contributed by atoms with E-state index in [1.807, 2.05) is 0 Å². The highest BCUT2D eigenvalue weighted by Gasteiger charge is 2.13. The Morgan fingerprint density at radius 3 is 2.83 bits per heavy atom. The van der Waals surface area contributed by atoms with Crippen LogP contribution in [0, 0.1) is 13.8 Å². The number of thioether (sulfide) groups is 1. The van der Waals surface area contributed by atoms with Gasteiger partial charge in [-0.25, -0.2) is 15.0 Å². The number of rotatable bonds is 5. The molecule has 3 rings (SSSR count). The first-order valence-electron chi connectivity index (χ1n) is 7.22. The summed E-state index contributed by atoms with van der Waals surface area (Å²) >= 11 is 3.06. The van der Waals surface area contributed by atoms with Crippen LogP contribution < -0.4 is 10.1 Å². The fourth-order valence-corrected chi connectivity index (χ4v) is 4.08. The number of ether oxygens (including phenoxy) is 1. The highest BCUT2D eigenvalue weighted by atomic mass is 32.2. The van der Waals surface area contributed by atoms with Crippen molar-refractivity contribution in [3.63, 3.8) is 0 Å². The Kier molecular flexibility index (Phi) is 4.96. The van der Waals surface area contributed by atoms with Crippen molar-refractivity contribution in [1.82, 2.24) is 15.0 Å². The fraction of sp³-hybridized carbons (Fsp3) is 0.250. The summed E-state index contributed by atoms with van der Waals surface area (Å²) in [6.07, 6.45) is 3.11. The molecule has 0 saturated carbocycles. The topological polar surface area (TPSA) is 77.0 Å². The van der Waals surface area contributed by atoms with E-state index in [0.29, 0.717) is 11.6 Å². The van der Waals surface area contributed by atoms with E-state index in [-0.39, 0.29) is 11.7 Å². The molecule has 0 atom stereocenters. The Balaban J connectivity index is 1.68. The normalized spacial score (nSPS) is 10.8. The summed E-state index contributed by atoms with van der Waals surface area (Å²) in [7, 11) is 1.55. The Hall–Kier alpha value is -2.19. The van der Waals surface area contributed by atoms with Gasteiger partial charge in [0.05, 0.1) is 24.7 Å². The predicted molar refractivity (Wildman–Crippen MR) is 97.0 cm³/mol. The number of fused-ring (bicyclic) bond motifs is 1. The average Bonchev–Trinajstić information content (AvgIpc) is 2.89. The SMILES string of the molecule is COc1ccc(NC(=O)CSc2ncnc3sc(C)c(C)c23)cn1. The molecule has 0 aromatic carbocycles. The molecule has 3 aromatic heterocycles. The summed E-state index contributed by atoms with van der Waals surface area (Å²) in [5.74, 6) is 0.671. The number of nitrogens with one attached hydrogen (secondary N) is 1. The number of nitrogens with zero attached hydrogens (tertiary/aromatic N) is 3. The number of pyridine rings is 1. The second-order valence-corrected chi connectivity index (χ2v) is 7.24. The zero-order valence-corrected chi connectivity index (χ0v) is 15.1. The molecule has 0 aliphatic carbocycles. The van der Waals surface area contributed by atoms with Crippen LogP contribution in [0.5, 0.6) is 5.88 Å². The maximum absolute atomic E-state index is 12.1. The van der Waals surface area contributed by atoms with Crippen molar-refractivity contribution in [1.29, 1.82) is 0 Å². The number of hydrogen-bond acceptors (Lipinski definition) is 7. The Labute approximate surface area is 147 Å². The zero-order valence-electron chi connectivity index (χ0n) is 13.5. The van der Waals surface area contributed by atoms with Crippen LogP contribution in [-0.4, -0.2) is 33.7 Å². The number of amides is 1. The van der Waals surface area contributed by atoms with Gasteiger partial charge in [-0.05, 0) is 25.5 Å². The molecule has 0 aliphatic rings. The summed E-state index contributed by atoms with van der Waals surface area (Å²) in [6, 6.07) is 3.46. The minimum Gasteiger partial charge on any atom is -0.481 e. The Morgan fingerprint density at radius 2 is 2.12 bits per heavy atom. The van der Waals surface area contributed by atoms with E-state index in [4.69, 9.17) is 4.74 Å². The van der Waals surface area contributed by atoms with Gasteiger partial charge in [0.15, 0.2) is 0 Å². The number of thiophene rings is 1. The molecular weight excluding hydrogens is 344 g/mol. The van der Waals surface area contributed by atoms with Gasteiger partial charge in [0, 0.05) is 16.3 Å². The van der Waals surface area contributed by atoms with E-state index in [1.165, 1.54) is 22.2 Å². The fourth-order valence-electron chi connectivity index (χ4n) is 2.17.